The number of imidazole rings is 1. The van der Waals surface area contributed by atoms with E-state index in [1.165, 1.54) is 11.3 Å². The zero-order valence-electron chi connectivity index (χ0n) is 18.1. The molecule has 0 bridgehead atoms. The van der Waals surface area contributed by atoms with Crippen LogP contribution in [0, 0.1) is 5.92 Å². The molecular weight excluding hydrogens is 406 g/mol. The van der Waals surface area contributed by atoms with E-state index in [0.717, 1.165) is 61.9 Å². The van der Waals surface area contributed by atoms with Crippen LogP contribution in [0.5, 0.6) is 0 Å². The minimum Gasteiger partial charge on any atom is -0.357 e. The van der Waals surface area contributed by atoms with Gasteiger partial charge < -0.3 is 9.97 Å². The maximum atomic E-state index is 5.17. The number of allylic oxidation sites excluding steroid dienone is 1. The second-order valence-corrected chi connectivity index (χ2v) is 8.78. The summed E-state index contributed by atoms with van der Waals surface area (Å²) in [5, 5.41) is 2.04. The van der Waals surface area contributed by atoms with Crippen molar-refractivity contribution < 1.29 is 0 Å². The zero-order valence-corrected chi connectivity index (χ0v) is 18.1. The predicted molar refractivity (Wildman–Crippen MR) is 134 cm³/mol. The second-order valence-electron chi connectivity index (χ2n) is 8.78. The Morgan fingerprint density at radius 3 is 2.39 bits per heavy atom. The fourth-order valence-corrected chi connectivity index (χ4v) is 5.09. The molecule has 1 aliphatic carbocycles. The highest BCUT2D eigenvalue weighted by molar-refractivity contribution is 6.21. The number of H-pyrrole nitrogens is 2. The SMILES string of the molecule is CC1C=Cc2c([nH]c(-c3ccccc3)c2-c2nc3c4cccnc4c4ncccc4c3[nH]2)C1. The monoisotopic (exact) mass is 427 g/mol. The van der Waals surface area contributed by atoms with Crippen molar-refractivity contribution in [2.75, 3.05) is 0 Å². The van der Waals surface area contributed by atoms with Gasteiger partial charge in [-0.3, -0.25) is 9.97 Å². The van der Waals surface area contributed by atoms with E-state index < -0.39 is 0 Å². The number of benzene rings is 2. The van der Waals surface area contributed by atoms with Crippen molar-refractivity contribution in [3.8, 4) is 22.6 Å². The van der Waals surface area contributed by atoms with E-state index in [2.05, 4.69) is 75.4 Å². The number of aromatic nitrogens is 5. The van der Waals surface area contributed by atoms with Gasteiger partial charge in [-0.05, 0) is 42.2 Å². The van der Waals surface area contributed by atoms with Gasteiger partial charge in [0.2, 0.25) is 0 Å². The first-order valence-electron chi connectivity index (χ1n) is 11.3. The van der Waals surface area contributed by atoms with Crippen molar-refractivity contribution in [2.45, 2.75) is 13.3 Å². The summed E-state index contributed by atoms with van der Waals surface area (Å²) in [5.41, 5.74) is 9.55. The highest BCUT2D eigenvalue weighted by Crippen LogP contribution is 2.41. The van der Waals surface area contributed by atoms with Gasteiger partial charge in [-0.25, -0.2) is 4.98 Å². The second kappa shape index (κ2) is 6.87. The molecule has 1 unspecified atom stereocenters. The van der Waals surface area contributed by atoms with E-state index in [4.69, 9.17) is 4.98 Å². The fourth-order valence-electron chi connectivity index (χ4n) is 5.09. The van der Waals surface area contributed by atoms with Crippen LogP contribution >= 0.6 is 0 Å². The molecular formula is C28H21N5. The molecule has 7 rings (SSSR count). The summed E-state index contributed by atoms with van der Waals surface area (Å²) in [6, 6.07) is 18.6. The summed E-state index contributed by atoms with van der Waals surface area (Å²) >= 11 is 0. The highest BCUT2D eigenvalue weighted by atomic mass is 14.9. The molecule has 0 spiro atoms. The third-order valence-corrected chi connectivity index (χ3v) is 6.61. The van der Waals surface area contributed by atoms with Crippen LogP contribution in [-0.4, -0.2) is 24.9 Å². The van der Waals surface area contributed by atoms with E-state index in [0.29, 0.717) is 5.92 Å². The van der Waals surface area contributed by atoms with Crippen LogP contribution in [0.3, 0.4) is 0 Å². The van der Waals surface area contributed by atoms with E-state index in [1.54, 1.807) is 0 Å². The standard InChI is InChI=1S/C28H21N5/c1-16-11-12-18-21(15-16)31-23(17-7-3-2-4-8-17)22(18)28-32-26-19-9-5-13-29-24(19)25-20(27(26)33-28)10-6-14-30-25/h2-14,16,31H,15H2,1H3,(H,32,33). The molecule has 0 fully saturated rings. The number of nitrogens with zero attached hydrogens (tertiary/aromatic N) is 3. The Hall–Kier alpha value is -4.25. The maximum Gasteiger partial charge on any atom is 0.141 e. The molecule has 6 aromatic rings. The van der Waals surface area contributed by atoms with E-state index in [-0.39, 0.29) is 0 Å². The van der Waals surface area contributed by atoms with Gasteiger partial charge in [0, 0.05) is 34.4 Å². The molecule has 33 heavy (non-hydrogen) atoms. The molecule has 5 heteroatoms. The van der Waals surface area contributed by atoms with Gasteiger partial charge >= 0.3 is 0 Å². The number of hydrogen-bond acceptors (Lipinski definition) is 3. The molecule has 0 amide bonds. The van der Waals surface area contributed by atoms with Crippen LogP contribution in [0.1, 0.15) is 18.2 Å². The van der Waals surface area contributed by atoms with Gasteiger partial charge in [0.05, 0.1) is 33.3 Å². The Labute approximate surface area is 190 Å². The van der Waals surface area contributed by atoms with Crippen LogP contribution in [0.2, 0.25) is 0 Å². The number of fused-ring (bicyclic) bond motifs is 7. The summed E-state index contributed by atoms with van der Waals surface area (Å²) in [6.45, 7) is 2.25. The lowest BCUT2D eigenvalue weighted by atomic mass is 9.93. The minimum atomic E-state index is 0.508. The zero-order chi connectivity index (χ0) is 21.9. The van der Waals surface area contributed by atoms with Crippen molar-refractivity contribution in [3.05, 3.63) is 84.3 Å². The van der Waals surface area contributed by atoms with Gasteiger partial charge in [0.1, 0.15) is 5.82 Å². The summed E-state index contributed by atoms with van der Waals surface area (Å²) < 4.78 is 0. The molecule has 1 atom stereocenters. The first-order chi connectivity index (χ1) is 16.3. The van der Waals surface area contributed by atoms with Gasteiger partial charge in [-0.15, -0.1) is 0 Å². The summed E-state index contributed by atoms with van der Waals surface area (Å²) in [4.78, 5) is 21.9. The number of hydrogen-bond donors (Lipinski definition) is 2. The molecule has 0 radical (unpaired) electrons. The Kier molecular flexibility index (Phi) is 3.82. The van der Waals surface area contributed by atoms with Crippen molar-refractivity contribution in [3.63, 3.8) is 0 Å². The summed E-state index contributed by atoms with van der Waals surface area (Å²) in [7, 11) is 0. The number of aromatic amines is 2. The normalized spacial score (nSPS) is 15.5. The van der Waals surface area contributed by atoms with Crippen molar-refractivity contribution in [1.29, 1.82) is 0 Å². The van der Waals surface area contributed by atoms with Crippen molar-refractivity contribution >= 4 is 38.9 Å². The van der Waals surface area contributed by atoms with Gasteiger partial charge in [-0.2, -0.15) is 0 Å². The van der Waals surface area contributed by atoms with Crippen LogP contribution in [0.4, 0.5) is 0 Å². The van der Waals surface area contributed by atoms with Crippen molar-refractivity contribution in [2.24, 2.45) is 5.92 Å². The Morgan fingerprint density at radius 2 is 1.58 bits per heavy atom. The average Bonchev–Trinajstić information content (AvgIpc) is 3.46. The molecule has 2 N–H and O–H groups in total. The molecule has 0 aliphatic heterocycles. The topological polar surface area (TPSA) is 70.2 Å². The first kappa shape index (κ1) is 18.3. The maximum absolute atomic E-state index is 5.17. The van der Waals surface area contributed by atoms with E-state index in [9.17, 15) is 0 Å². The summed E-state index contributed by atoms with van der Waals surface area (Å²) in [5.74, 6) is 1.37. The predicted octanol–water partition coefficient (Wildman–Crippen LogP) is 6.53. The van der Waals surface area contributed by atoms with Crippen LogP contribution in [0.15, 0.2) is 73.1 Å². The third kappa shape index (κ3) is 2.69. The van der Waals surface area contributed by atoms with Gasteiger partial charge in [0.15, 0.2) is 0 Å². The molecule has 5 nitrogen and oxygen atoms in total. The first-order valence-corrected chi connectivity index (χ1v) is 11.3. The smallest absolute Gasteiger partial charge is 0.141 e. The van der Waals surface area contributed by atoms with Gasteiger partial charge in [0.25, 0.3) is 0 Å². The van der Waals surface area contributed by atoms with Gasteiger partial charge in [-0.1, -0.05) is 49.4 Å². The Balaban J connectivity index is 1.59. The Morgan fingerprint density at radius 1 is 0.818 bits per heavy atom. The largest absolute Gasteiger partial charge is 0.357 e. The van der Waals surface area contributed by atoms with Crippen molar-refractivity contribution in [1.82, 2.24) is 24.9 Å². The number of rotatable bonds is 2. The average molecular weight is 428 g/mol. The Bertz CT molecular complexity index is 1630. The lowest BCUT2D eigenvalue weighted by molar-refractivity contribution is 0.704. The molecule has 158 valence electrons. The molecule has 4 aromatic heterocycles. The van der Waals surface area contributed by atoms with Crippen LogP contribution < -0.4 is 0 Å². The summed E-state index contributed by atoms with van der Waals surface area (Å²) in [6.07, 6.45) is 9.16. The molecule has 0 saturated carbocycles. The molecule has 1 aliphatic rings. The molecule has 0 saturated heterocycles. The lowest BCUT2D eigenvalue weighted by Gasteiger charge is -2.12. The fraction of sp³-hybridized carbons (Fsp3) is 0.107. The molecule has 4 heterocycles. The van der Waals surface area contributed by atoms with Crippen LogP contribution in [-0.2, 0) is 6.42 Å². The lowest BCUT2D eigenvalue weighted by Crippen LogP contribution is -2.02. The third-order valence-electron chi connectivity index (χ3n) is 6.61. The van der Waals surface area contributed by atoms with Crippen LogP contribution in [0.25, 0.3) is 61.6 Å². The quantitative estimate of drug-likeness (QED) is 0.309. The highest BCUT2D eigenvalue weighted by Gasteiger charge is 2.25. The van der Waals surface area contributed by atoms with E-state index in [1.807, 2.05) is 30.6 Å². The minimum absolute atomic E-state index is 0.508. The van der Waals surface area contributed by atoms with E-state index >= 15 is 0 Å². The number of pyridine rings is 2. The number of nitrogens with one attached hydrogen (secondary N) is 2. The molecule has 2 aromatic carbocycles.